The van der Waals surface area contributed by atoms with Crippen LogP contribution in [0.1, 0.15) is 45.4 Å². The molecular formula is C18H30N4O. The Bertz CT molecular complexity index is 544. The molecule has 0 radical (unpaired) electrons. The molecule has 1 saturated carbocycles. The first-order chi connectivity index (χ1) is 11.2. The molecule has 0 saturated heterocycles. The van der Waals surface area contributed by atoms with Crippen molar-refractivity contribution < 1.29 is 0 Å². The normalized spacial score (nSPS) is 21.9. The van der Waals surface area contributed by atoms with Gasteiger partial charge in [0.1, 0.15) is 0 Å². The average molecular weight is 318 g/mol. The number of aliphatic imine (C=N–C) groups is 1. The van der Waals surface area contributed by atoms with Crippen LogP contribution in [0, 0.1) is 5.92 Å². The molecule has 128 valence electrons. The lowest BCUT2D eigenvalue weighted by molar-refractivity contribution is 0.329. The van der Waals surface area contributed by atoms with E-state index in [9.17, 15) is 4.79 Å². The molecular weight excluding hydrogens is 288 g/mol. The van der Waals surface area contributed by atoms with Gasteiger partial charge in [-0.1, -0.05) is 13.0 Å². The minimum Gasteiger partial charge on any atom is -0.356 e. The largest absolute Gasteiger partial charge is 0.356 e. The van der Waals surface area contributed by atoms with Crippen LogP contribution in [0.5, 0.6) is 0 Å². The van der Waals surface area contributed by atoms with Gasteiger partial charge in [-0.05, 0) is 50.5 Å². The lowest BCUT2D eigenvalue weighted by Gasteiger charge is -2.28. The third-order valence-electron chi connectivity index (χ3n) is 4.60. The molecule has 5 nitrogen and oxygen atoms in total. The predicted molar refractivity (Wildman–Crippen MR) is 95.9 cm³/mol. The molecule has 0 atom stereocenters. The fraction of sp³-hybridized carbons (Fsp3) is 0.667. The van der Waals surface area contributed by atoms with Crippen molar-refractivity contribution in [1.29, 1.82) is 0 Å². The molecule has 1 aliphatic rings. The van der Waals surface area contributed by atoms with Crippen LogP contribution < -0.4 is 16.2 Å². The minimum absolute atomic E-state index is 0.0736. The maximum Gasteiger partial charge on any atom is 0.250 e. The highest BCUT2D eigenvalue weighted by Crippen LogP contribution is 2.23. The van der Waals surface area contributed by atoms with E-state index in [0.29, 0.717) is 6.04 Å². The quantitative estimate of drug-likeness (QED) is 0.481. The molecule has 0 unspecified atom stereocenters. The van der Waals surface area contributed by atoms with Crippen molar-refractivity contribution in [2.45, 2.75) is 58.0 Å². The van der Waals surface area contributed by atoms with E-state index in [2.05, 4.69) is 22.5 Å². The molecule has 0 bridgehead atoms. The number of pyridine rings is 1. The van der Waals surface area contributed by atoms with Gasteiger partial charge in [0, 0.05) is 38.4 Å². The predicted octanol–water partition coefficient (Wildman–Crippen LogP) is 2.37. The van der Waals surface area contributed by atoms with E-state index in [4.69, 9.17) is 0 Å². The summed E-state index contributed by atoms with van der Waals surface area (Å²) < 4.78 is 1.76. The number of aryl methyl sites for hydroxylation is 1. The van der Waals surface area contributed by atoms with Gasteiger partial charge in [-0.3, -0.25) is 9.79 Å². The third kappa shape index (κ3) is 6.08. The monoisotopic (exact) mass is 318 g/mol. The van der Waals surface area contributed by atoms with Crippen LogP contribution in [0.2, 0.25) is 0 Å². The summed E-state index contributed by atoms with van der Waals surface area (Å²) in [5.41, 5.74) is 0.0736. The zero-order valence-corrected chi connectivity index (χ0v) is 14.4. The van der Waals surface area contributed by atoms with E-state index in [-0.39, 0.29) is 5.56 Å². The number of aromatic nitrogens is 1. The van der Waals surface area contributed by atoms with Crippen molar-refractivity contribution >= 4 is 5.96 Å². The Kier molecular flexibility index (Phi) is 7.17. The lowest BCUT2D eigenvalue weighted by atomic mass is 9.87. The molecule has 1 aromatic rings. The molecule has 1 heterocycles. The summed E-state index contributed by atoms with van der Waals surface area (Å²) in [5, 5.41) is 6.91. The van der Waals surface area contributed by atoms with Crippen LogP contribution in [-0.2, 0) is 6.54 Å². The molecule has 1 aromatic heterocycles. The maximum atomic E-state index is 11.6. The second-order valence-corrected chi connectivity index (χ2v) is 6.54. The highest BCUT2D eigenvalue weighted by atomic mass is 16.1. The molecule has 2 N–H and O–H groups in total. The van der Waals surface area contributed by atoms with Crippen molar-refractivity contribution in [3.8, 4) is 0 Å². The van der Waals surface area contributed by atoms with E-state index in [0.717, 1.165) is 37.8 Å². The van der Waals surface area contributed by atoms with Crippen LogP contribution in [0.4, 0.5) is 0 Å². The standard InChI is InChI=1S/C18H30N4O/c1-15-8-10-16(11-9-15)21-18(19-2)20-12-4-6-14-22-13-5-3-7-17(22)23/h3,5,7,13,15-16H,4,6,8-12,14H2,1-2H3,(H2,19,20,21). The van der Waals surface area contributed by atoms with E-state index in [1.165, 1.54) is 25.7 Å². The Labute approximate surface area is 139 Å². The first kappa shape index (κ1) is 17.6. The fourth-order valence-corrected chi connectivity index (χ4v) is 3.05. The SMILES string of the molecule is CN=C(NCCCCn1ccccc1=O)NC1CCC(C)CC1. The Morgan fingerprint density at radius 2 is 2.04 bits per heavy atom. The van der Waals surface area contributed by atoms with Crippen LogP contribution in [0.3, 0.4) is 0 Å². The zero-order valence-electron chi connectivity index (χ0n) is 14.4. The number of hydrogen-bond acceptors (Lipinski definition) is 2. The summed E-state index contributed by atoms with van der Waals surface area (Å²) in [7, 11) is 1.82. The van der Waals surface area contributed by atoms with Gasteiger partial charge in [-0.2, -0.15) is 0 Å². The van der Waals surface area contributed by atoms with Crippen molar-refractivity contribution in [1.82, 2.24) is 15.2 Å². The van der Waals surface area contributed by atoms with Gasteiger partial charge in [-0.15, -0.1) is 0 Å². The Hall–Kier alpha value is -1.78. The number of nitrogens with zero attached hydrogens (tertiary/aromatic N) is 2. The first-order valence-electron chi connectivity index (χ1n) is 8.81. The summed E-state index contributed by atoms with van der Waals surface area (Å²) in [4.78, 5) is 15.9. The molecule has 0 aromatic carbocycles. The molecule has 2 rings (SSSR count). The van der Waals surface area contributed by atoms with Crippen molar-refractivity contribution in [3.63, 3.8) is 0 Å². The number of unbranched alkanes of at least 4 members (excludes halogenated alkanes) is 1. The summed E-state index contributed by atoms with van der Waals surface area (Å²) in [6.45, 7) is 3.99. The molecule has 0 aliphatic heterocycles. The van der Waals surface area contributed by atoms with E-state index < -0.39 is 0 Å². The Morgan fingerprint density at radius 1 is 1.26 bits per heavy atom. The number of guanidine groups is 1. The topological polar surface area (TPSA) is 58.4 Å². The van der Waals surface area contributed by atoms with E-state index in [1.807, 2.05) is 19.3 Å². The van der Waals surface area contributed by atoms with Crippen molar-refractivity contribution in [2.24, 2.45) is 10.9 Å². The fourth-order valence-electron chi connectivity index (χ4n) is 3.05. The van der Waals surface area contributed by atoms with Crippen LogP contribution in [-0.4, -0.2) is 30.2 Å². The summed E-state index contributed by atoms with van der Waals surface area (Å²) in [5.74, 6) is 1.77. The summed E-state index contributed by atoms with van der Waals surface area (Å²) in [6.07, 6.45) is 8.93. The second kappa shape index (κ2) is 9.38. The van der Waals surface area contributed by atoms with Gasteiger partial charge in [0.05, 0.1) is 0 Å². The van der Waals surface area contributed by atoms with Gasteiger partial charge in [0.25, 0.3) is 0 Å². The number of rotatable bonds is 6. The Morgan fingerprint density at radius 3 is 2.74 bits per heavy atom. The third-order valence-corrected chi connectivity index (χ3v) is 4.60. The zero-order chi connectivity index (χ0) is 16.5. The molecule has 0 spiro atoms. The Balaban J connectivity index is 1.62. The maximum absolute atomic E-state index is 11.6. The lowest BCUT2D eigenvalue weighted by Crippen LogP contribution is -2.45. The van der Waals surface area contributed by atoms with Crippen molar-refractivity contribution in [2.75, 3.05) is 13.6 Å². The number of hydrogen-bond donors (Lipinski definition) is 2. The minimum atomic E-state index is 0.0736. The van der Waals surface area contributed by atoms with E-state index >= 15 is 0 Å². The molecule has 5 heteroatoms. The van der Waals surface area contributed by atoms with Gasteiger partial charge in [0.2, 0.25) is 5.56 Å². The van der Waals surface area contributed by atoms with Crippen molar-refractivity contribution in [3.05, 3.63) is 34.7 Å². The highest BCUT2D eigenvalue weighted by molar-refractivity contribution is 5.79. The number of nitrogens with one attached hydrogen (secondary N) is 2. The molecule has 1 fully saturated rings. The van der Waals surface area contributed by atoms with Gasteiger partial charge in [-0.25, -0.2) is 0 Å². The van der Waals surface area contributed by atoms with Crippen LogP contribution in [0.25, 0.3) is 0 Å². The van der Waals surface area contributed by atoms with Crippen LogP contribution >= 0.6 is 0 Å². The molecule has 1 aliphatic carbocycles. The van der Waals surface area contributed by atoms with Gasteiger partial charge >= 0.3 is 0 Å². The molecule has 0 amide bonds. The van der Waals surface area contributed by atoms with Gasteiger partial charge in [0.15, 0.2) is 5.96 Å². The molecule has 23 heavy (non-hydrogen) atoms. The second-order valence-electron chi connectivity index (χ2n) is 6.54. The van der Waals surface area contributed by atoms with Gasteiger partial charge < -0.3 is 15.2 Å². The highest BCUT2D eigenvalue weighted by Gasteiger charge is 2.18. The average Bonchev–Trinajstić information content (AvgIpc) is 2.57. The smallest absolute Gasteiger partial charge is 0.250 e. The van der Waals surface area contributed by atoms with E-state index in [1.54, 1.807) is 16.7 Å². The van der Waals surface area contributed by atoms with Crippen LogP contribution in [0.15, 0.2) is 34.2 Å². The summed E-state index contributed by atoms with van der Waals surface area (Å²) >= 11 is 0. The first-order valence-corrected chi connectivity index (χ1v) is 8.81. The summed E-state index contributed by atoms with van der Waals surface area (Å²) in [6, 6.07) is 5.84.